The van der Waals surface area contributed by atoms with Crippen LogP contribution in [0.2, 0.25) is 0 Å². The Balaban J connectivity index is 1.94. The zero-order valence-electron chi connectivity index (χ0n) is 12.1. The summed E-state index contributed by atoms with van der Waals surface area (Å²) in [6.07, 6.45) is 6.43. The summed E-state index contributed by atoms with van der Waals surface area (Å²) in [6, 6.07) is 12.0. The molecule has 5 nitrogen and oxygen atoms in total. The van der Waals surface area contributed by atoms with Gasteiger partial charge in [-0.1, -0.05) is 24.3 Å². The number of nitrogens with two attached hydrogens (primary N) is 1. The largest absolute Gasteiger partial charge is 0.255 e. The van der Waals surface area contributed by atoms with Crippen LogP contribution in [0.4, 0.5) is 0 Å². The van der Waals surface area contributed by atoms with Crippen LogP contribution in [-0.2, 0) is 10.0 Å². The molecule has 1 aromatic heterocycles. The summed E-state index contributed by atoms with van der Waals surface area (Å²) in [6.45, 7) is 0. The van der Waals surface area contributed by atoms with Crippen LogP contribution >= 0.6 is 0 Å². The standard InChI is InChI=1S/C17H13N3O2S/c18-10-12-4-9-17(20-11-12)16-3-1-2-15(16)13-5-7-14(8-6-13)23(19,21)22/h2-9,11H,1H2,(H2,19,21,22). The zero-order valence-corrected chi connectivity index (χ0v) is 12.9. The summed E-state index contributed by atoms with van der Waals surface area (Å²) < 4.78 is 22.7. The topological polar surface area (TPSA) is 96.8 Å². The minimum Gasteiger partial charge on any atom is -0.255 e. The molecule has 0 radical (unpaired) electrons. The molecule has 0 atom stereocenters. The maximum atomic E-state index is 11.3. The summed E-state index contributed by atoms with van der Waals surface area (Å²) in [5.41, 5.74) is 4.15. The highest BCUT2D eigenvalue weighted by atomic mass is 32.2. The molecule has 0 amide bonds. The Morgan fingerprint density at radius 2 is 1.74 bits per heavy atom. The number of benzene rings is 1. The monoisotopic (exact) mass is 323 g/mol. The number of pyridine rings is 1. The van der Waals surface area contributed by atoms with Gasteiger partial charge in [-0.2, -0.15) is 5.26 Å². The first-order chi connectivity index (χ1) is 11.0. The van der Waals surface area contributed by atoms with Gasteiger partial charge in [0.15, 0.2) is 0 Å². The van der Waals surface area contributed by atoms with Crippen molar-refractivity contribution in [2.45, 2.75) is 11.3 Å². The van der Waals surface area contributed by atoms with Crippen LogP contribution in [0.3, 0.4) is 0 Å². The molecule has 2 N–H and O–H groups in total. The molecule has 2 aromatic rings. The van der Waals surface area contributed by atoms with E-state index in [2.05, 4.69) is 17.1 Å². The third-order valence-electron chi connectivity index (χ3n) is 3.60. The number of hydrogen-bond acceptors (Lipinski definition) is 4. The van der Waals surface area contributed by atoms with E-state index in [0.29, 0.717) is 5.56 Å². The predicted molar refractivity (Wildman–Crippen MR) is 87.3 cm³/mol. The quantitative estimate of drug-likeness (QED) is 0.938. The molecule has 0 aliphatic heterocycles. The van der Waals surface area contributed by atoms with Crippen LogP contribution < -0.4 is 5.14 Å². The Hall–Kier alpha value is -2.75. The van der Waals surface area contributed by atoms with Gasteiger partial charge >= 0.3 is 0 Å². The van der Waals surface area contributed by atoms with Crippen molar-refractivity contribution >= 4 is 21.2 Å². The first-order valence-electron chi connectivity index (χ1n) is 6.89. The first-order valence-corrected chi connectivity index (χ1v) is 8.44. The summed E-state index contributed by atoms with van der Waals surface area (Å²) in [5.74, 6) is 0. The van der Waals surface area contributed by atoms with E-state index in [-0.39, 0.29) is 4.90 Å². The molecule has 1 aromatic carbocycles. The van der Waals surface area contributed by atoms with Gasteiger partial charge in [-0.25, -0.2) is 13.6 Å². The number of nitrogens with zero attached hydrogens (tertiary/aromatic N) is 2. The highest BCUT2D eigenvalue weighted by Crippen LogP contribution is 2.35. The lowest BCUT2D eigenvalue weighted by molar-refractivity contribution is 0.598. The lowest BCUT2D eigenvalue weighted by Gasteiger charge is -2.09. The zero-order chi connectivity index (χ0) is 16.4. The molecule has 1 aliphatic rings. The molecular formula is C17H13N3O2S. The number of nitriles is 1. The average Bonchev–Trinajstić information content (AvgIpc) is 3.04. The van der Waals surface area contributed by atoms with Crippen molar-refractivity contribution in [2.75, 3.05) is 0 Å². The van der Waals surface area contributed by atoms with Gasteiger partial charge in [-0.15, -0.1) is 0 Å². The molecule has 0 saturated carbocycles. The van der Waals surface area contributed by atoms with Gasteiger partial charge in [0.1, 0.15) is 6.07 Å². The van der Waals surface area contributed by atoms with E-state index >= 15 is 0 Å². The number of allylic oxidation sites excluding steroid dienone is 4. The van der Waals surface area contributed by atoms with E-state index in [4.69, 9.17) is 10.4 Å². The Kier molecular flexibility index (Phi) is 3.82. The fourth-order valence-corrected chi connectivity index (χ4v) is 2.99. The molecule has 1 aliphatic carbocycles. The van der Waals surface area contributed by atoms with E-state index in [0.717, 1.165) is 28.8 Å². The van der Waals surface area contributed by atoms with E-state index in [9.17, 15) is 8.42 Å². The average molecular weight is 323 g/mol. The fourth-order valence-electron chi connectivity index (χ4n) is 2.47. The number of sulfonamides is 1. The lowest BCUT2D eigenvalue weighted by Crippen LogP contribution is -2.11. The van der Waals surface area contributed by atoms with E-state index in [1.165, 1.54) is 18.3 Å². The molecular weight excluding hydrogens is 310 g/mol. The van der Waals surface area contributed by atoms with Crippen LogP contribution in [0.25, 0.3) is 11.1 Å². The van der Waals surface area contributed by atoms with Crippen molar-refractivity contribution in [2.24, 2.45) is 5.14 Å². The molecule has 6 heteroatoms. The van der Waals surface area contributed by atoms with Crippen LogP contribution in [0.15, 0.2) is 59.6 Å². The molecule has 0 unspecified atom stereocenters. The Morgan fingerprint density at radius 3 is 2.30 bits per heavy atom. The molecule has 0 spiro atoms. The van der Waals surface area contributed by atoms with Crippen molar-refractivity contribution in [3.8, 4) is 6.07 Å². The van der Waals surface area contributed by atoms with Crippen LogP contribution in [-0.4, -0.2) is 13.4 Å². The van der Waals surface area contributed by atoms with Crippen molar-refractivity contribution in [1.82, 2.24) is 4.98 Å². The maximum Gasteiger partial charge on any atom is 0.238 e. The lowest BCUT2D eigenvalue weighted by atomic mass is 9.98. The maximum absolute atomic E-state index is 11.3. The molecule has 1 heterocycles. The van der Waals surface area contributed by atoms with E-state index < -0.39 is 10.0 Å². The van der Waals surface area contributed by atoms with Crippen LogP contribution in [0.5, 0.6) is 0 Å². The Bertz CT molecular complexity index is 948. The van der Waals surface area contributed by atoms with Gasteiger partial charge in [0.25, 0.3) is 0 Å². The molecule has 0 fully saturated rings. The minimum absolute atomic E-state index is 0.0851. The fraction of sp³-hybridized carbons (Fsp3) is 0.0588. The molecule has 23 heavy (non-hydrogen) atoms. The van der Waals surface area contributed by atoms with Crippen molar-refractivity contribution in [3.05, 3.63) is 71.6 Å². The second-order valence-corrected chi connectivity index (χ2v) is 6.65. The summed E-state index contributed by atoms with van der Waals surface area (Å²) in [7, 11) is -3.69. The number of primary sulfonamides is 1. The number of hydrogen-bond donors (Lipinski definition) is 1. The predicted octanol–water partition coefficient (Wildman–Crippen LogP) is 2.47. The Morgan fingerprint density at radius 1 is 1.04 bits per heavy atom. The third-order valence-corrected chi connectivity index (χ3v) is 4.53. The highest BCUT2D eigenvalue weighted by Gasteiger charge is 2.16. The van der Waals surface area contributed by atoms with Gasteiger partial charge in [0.2, 0.25) is 10.0 Å². The summed E-state index contributed by atoms with van der Waals surface area (Å²) in [4.78, 5) is 4.40. The normalized spacial score (nSPS) is 14.1. The van der Waals surface area contributed by atoms with Crippen LogP contribution in [0, 0.1) is 11.3 Å². The van der Waals surface area contributed by atoms with Crippen molar-refractivity contribution in [1.29, 1.82) is 5.26 Å². The molecule has 3 rings (SSSR count). The van der Waals surface area contributed by atoms with Gasteiger partial charge in [0, 0.05) is 11.8 Å². The Labute approximate surface area is 134 Å². The van der Waals surface area contributed by atoms with Gasteiger partial charge in [-0.3, -0.25) is 4.98 Å². The molecule has 114 valence electrons. The second-order valence-electron chi connectivity index (χ2n) is 5.08. The summed E-state index contributed by atoms with van der Waals surface area (Å²) in [5, 5.41) is 14.0. The SMILES string of the molecule is N#Cc1ccc(C2=CCC=C2c2ccc(S(N)(=O)=O)cc2)nc1. The van der Waals surface area contributed by atoms with Gasteiger partial charge in [0.05, 0.1) is 16.2 Å². The minimum atomic E-state index is -3.69. The third kappa shape index (κ3) is 3.06. The van der Waals surface area contributed by atoms with Crippen LogP contribution in [0.1, 0.15) is 23.2 Å². The van der Waals surface area contributed by atoms with Crippen molar-refractivity contribution < 1.29 is 8.42 Å². The smallest absolute Gasteiger partial charge is 0.238 e. The van der Waals surface area contributed by atoms with Gasteiger partial charge in [-0.05, 0) is 41.8 Å². The van der Waals surface area contributed by atoms with Crippen molar-refractivity contribution in [3.63, 3.8) is 0 Å². The summed E-state index contributed by atoms with van der Waals surface area (Å²) >= 11 is 0. The van der Waals surface area contributed by atoms with E-state index in [1.54, 1.807) is 18.2 Å². The van der Waals surface area contributed by atoms with Gasteiger partial charge < -0.3 is 0 Å². The molecule has 0 bridgehead atoms. The number of rotatable bonds is 3. The van der Waals surface area contributed by atoms with E-state index in [1.807, 2.05) is 12.1 Å². The number of aromatic nitrogens is 1. The molecule has 0 saturated heterocycles. The second kappa shape index (κ2) is 5.80. The highest BCUT2D eigenvalue weighted by molar-refractivity contribution is 7.89. The first kappa shape index (κ1) is 15.2.